The monoisotopic (exact) mass is 227 g/mol. The second kappa shape index (κ2) is 4.70. The molecule has 0 saturated heterocycles. The van der Waals surface area contributed by atoms with Gasteiger partial charge in [0.05, 0.1) is 17.9 Å². The van der Waals surface area contributed by atoms with Crippen LogP contribution >= 0.6 is 0 Å². The normalized spacial score (nSPS) is 15.3. The Balaban J connectivity index is 1.86. The number of fused-ring (bicyclic) bond motifs is 1. The SMILES string of the molecule is c1ccc(Cn2nnc3c2CCCCC3)cc1. The first-order chi connectivity index (χ1) is 8.43. The zero-order valence-corrected chi connectivity index (χ0v) is 9.97. The Bertz CT molecular complexity index is 487. The highest BCUT2D eigenvalue weighted by Crippen LogP contribution is 2.19. The molecule has 0 N–H and O–H groups in total. The molecule has 1 aromatic heterocycles. The molecule has 0 amide bonds. The average molecular weight is 227 g/mol. The van der Waals surface area contributed by atoms with Crippen molar-refractivity contribution in [3.8, 4) is 0 Å². The number of hydrogen-bond acceptors (Lipinski definition) is 2. The van der Waals surface area contributed by atoms with Crippen molar-refractivity contribution < 1.29 is 0 Å². The fraction of sp³-hybridized carbons (Fsp3) is 0.429. The number of hydrogen-bond donors (Lipinski definition) is 0. The van der Waals surface area contributed by atoms with Gasteiger partial charge in [0.2, 0.25) is 0 Å². The van der Waals surface area contributed by atoms with E-state index in [2.05, 4.69) is 39.3 Å². The molecule has 1 heterocycles. The van der Waals surface area contributed by atoms with Crippen LogP contribution in [0.25, 0.3) is 0 Å². The molecule has 0 fully saturated rings. The Morgan fingerprint density at radius 3 is 2.71 bits per heavy atom. The standard InChI is InChI=1S/C14H17N3/c1-3-7-12(8-4-1)11-17-14-10-6-2-5-9-13(14)15-16-17/h1,3-4,7-8H,2,5-6,9-11H2. The van der Waals surface area contributed by atoms with Crippen LogP contribution in [-0.4, -0.2) is 15.0 Å². The van der Waals surface area contributed by atoms with Crippen molar-refractivity contribution in [2.24, 2.45) is 0 Å². The van der Waals surface area contributed by atoms with Crippen LogP contribution in [0.4, 0.5) is 0 Å². The maximum atomic E-state index is 4.33. The highest BCUT2D eigenvalue weighted by Gasteiger charge is 2.15. The summed E-state index contributed by atoms with van der Waals surface area (Å²) in [6.45, 7) is 0.850. The van der Waals surface area contributed by atoms with Crippen LogP contribution in [0.1, 0.15) is 36.2 Å². The van der Waals surface area contributed by atoms with E-state index in [1.807, 2.05) is 6.07 Å². The van der Waals surface area contributed by atoms with Crippen molar-refractivity contribution in [3.05, 3.63) is 47.3 Å². The Hall–Kier alpha value is -1.64. The molecule has 1 aliphatic rings. The quantitative estimate of drug-likeness (QED) is 0.738. The predicted octanol–water partition coefficient (Wildman–Crippen LogP) is 2.60. The van der Waals surface area contributed by atoms with Gasteiger partial charge in [-0.1, -0.05) is 42.0 Å². The van der Waals surface area contributed by atoms with Gasteiger partial charge >= 0.3 is 0 Å². The average Bonchev–Trinajstić information content (AvgIpc) is 2.61. The molecule has 2 aromatic rings. The smallest absolute Gasteiger partial charge is 0.0859 e. The van der Waals surface area contributed by atoms with E-state index in [0.717, 1.165) is 19.4 Å². The largest absolute Gasteiger partial charge is 0.245 e. The van der Waals surface area contributed by atoms with Gasteiger partial charge in [-0.3, -0.25) is 0 Å². The van der Waals surface area contributed by atoms with Crippen molar-refractivity contribution in [2.45, 2.75) is 38.6 Å². The molecule has 3 rings (SSSR count). The van der Waals surface area contributed by atoms with E-state index < -0.39 is 0 Å². The van der Waals surface area contributed by atoms with E-state index in [-0.39, 0.29) is 0 Å². The van der Waals surface area contributed by atoms with Gasteiger partial charge in [-0.2, -0.15) is 0 Å². The zero-order valence-electron chi connectivity index (χ0n) is 9.97. The third-order valence-corrected chi connectivity index (χ3v) is 3.42. The summed E-state index contributed by atoms with van der Waals surface area (Å²) in [6.07, 6.45) is 6.09. The molecule has 0 aliphatic heterocycles. The van der Waals surface area contributed by atoms with Crippen LogP contribution in [0.2, 0.25) is 0 Å². The van der Waals surface area contributed by atoms with Gasteiger partial charge in [-0.05, 0) is 31.2 Å². The summed E-state index contributed by atoms with van der Waals surface area (Å²) < 4.78 is 2.08. The molecule has 88 valence electrons. The van der Waals surface area contributed by atoms with E-state index >= 15 is 0 Å². The number of nitrogens with zero attached hydrogens (tertiary/aromatic N) is 3. The summed E-state index contributed by atoms with van der Waals surface area (Å²) in [6, 6.07) is 10.5. The van der Waals surface area contributed by atoms with Crippen LogP contribution in [0.3, 0.4) is 0 Å². The lowest BCUT2D eigenvalue weighted by Crippen LogP contribution is -2.06. The lowest BCUT2D eigenvalue weighted by molar-refractivity contribution is 0.598. The third-order valence-electron chi connectivity index (χ3n) is 3.42. The van der Waals surface area contributed by atoms with Crippen LogP contribution in [-0.2, 0) is 19.4 Å². The molecule has 1 aromatic carbocycles. The van der Waals surface area contributed by atoms with Gasteiger partial charge in [-0.25, -0.2) is 4.68 Å². The van der Waals surface area contributed by atoms with Gasteiger partial charge in [0.25, 0.3) is 0 Å². The Morgan fingerprint density at radius 2 is 1.82 bits per heavy atom. The number of benzene rings is 1. The van der Waals surface area contributed by atoms with E-state index in [4.69, 9.17) is 0 Å². The summed E-state index contributed by atoms with van der Waals surface area (Å²) in [5.41, 5.74) is 3.87. The van der Waals surface area contributed by atoms with Crippen molar-refractivity contribution >= 4 is 0 Å². The van der Waals surface area contributed by atoms with Gasteiger partial charge in [0, 0.05) is 0 Å². The highest BCUT2D eigenvalue weighted by atomic mass is 15.4. The maximum absolute atomic E-state index is 4.33. The lowest BCUT2D eigenvalue weighted by atomic mass is 10.2. The molecule has 17 heavy (non-hydrogen) atoms. The molecule has 1 aliphatic carbocycles. The van der Waals surface area contributed by atoms with Gasteiger partial charge < -0.3 is 0 Å². The van der Waals surface area contributed by atoms with Crippen LogP contribution in [0.15, 0.2) is 30.3 Å². The van der Waals surface area contributed by atoms with Crippen LogP contribution in [0.5, 0.6) is 0 Å². The van der Waals surface area contributed by atoms with Crippen molar-refractivity contribution in [1.82, 2.24) is 15.0 Å². The highest BCUT2D eigenvalue weighted by molar-refractivity contribution is 5.18. The summed E-state index contributed by atoms with van der Waals surface area (Å²) in [4.78, 5) is 0. The molecule has 0 radical (unpaired) electrons. The van der Waals surface area contributed by atoms with E-state index in [0.29, 0.717) is 0 Å². The number of rotatable bonds is 2. The maximum Gasteiger partial charge on any atom is 0.0859 e. The van der Waals surface area contributed by atoms with Gasteiger partial charge in [-0.15, -0.1) is 5.10 Å². The molecule has 0 unspecified atom stereocenters. The number of aromatic nitrogens is 3. The molecule has 0 atom stereocenters. The van der Waals surface area contributed by atoms with E-state index in [1.54, 1.807) is 0 Å². The fourth-order valence-corrected chi connectivity index (χ4v) is 2.48. The first kappa shape index (κ1) is 10.5. The first-order valence-electron chi connectivity index (χ1n) is 6.38. The molecule has 3 nitrogen and oxygen atoms in total. The minimum atomic E-state index is 0.850. The third kappa shape index (κ3) is 2.23. The topological polar surface area (TPSA) is 30.7 Å². The minimum absolute atomic E-state index is 0.850. The lowest BCUT2D eigenvalue weighted by Gasteiger charge is -2.05. The van der Waals surface area contributed by atoms with Gasteiger partial charge in [0.1, 0.15) is 0 Å². The van der Waals surface area contributed by atoms with E-state index in [9.17, 15) is 0 Å². The molecule has 0 saturated carbocycles. The van der Waals surface area contributed by atoms with Crippen LogP contribution < -0.4 is 0 Å². The molecular weight excluding hydrogens is 210 g/mol. The molecule has 0 spiro atoms. The summed E-state index contributed by atoms with van der Waals surface area (Å²) >= 11 is 0. The Kier molecular flexibility index (Phi) is 2.90. The summed E-state index contributed by atoms with van der Waals surface area (Å²) in [7, 11) is 0. The Morgan fingerprint density at radius 1 is 1.00 bits per heavy atom. The predicted molar refractivity (Wildman–Crippen MR) is 66.8 cm³/mol. The fourth-order valence-electron chi connectivity index (χ4n) is 2.48. The van der Waals surface area contributed by atoms with E-state index in [1.165, 1.54) is 36.2 Å². The molecular formula is C14H17N3. The Labute approximate surface area is 101 Å². The second-order valence-corrected chi connectivity index (χ2v) is 4.69. The van der Waals surface area contributed by atoms with Crippen molar-refractivity contribution in [2.75, 3.05) is 0 Å². The zero-order chi connectivity index (χ0) is 11.5. The number of aryl methyl sites for hydroxylation is 1. The molecule has 3 heteroatoms. The summed E-state index contributed by atoms with van der Waals surface area (Å²) in [5, 5.41) is 8.63. The van der Waals surface area contributed by atoms with Crippen LogP contribution in [0, 0.1) is 0 Å². The van der Waals surface area contributed by atoms with Gasteiger partial charge in [0.15, 0.2) is 0 Å². The molecule has 0 bridgehead atoms. The second-order valence-electron chi connectivity index (χ2n) is 4.69. The van der Waals surface area contributed by atoms with Crippen molar-refractivity contribution in [3.63, 3.8) is 0 Å². The minimum Gasteiger partial charge on any atom is -0.245 e. The first-order valence-corrected chi connectivity index (χ1v) is 6.38. The van der Waals surface area contributed by atoms with Crippen molar-refractivity contribution in [1.29, 1.82) is 0 Å². The summed E-state index contributed by atoms with van der Waals surface area (Å²) in [5.74, 6) is 0.